The first-order chi connectivity index (χ1) is 8.61. The molecule has 0 unspecified atom stereocenters. The summed E-state index contributed by atoms with van der Waals surface area (Å²) in [4.78, 5) is 18.1. The topological polar surface area (TPSA) is 85.2 Å². The Labute approximate surface area is 107 Å². The lowest BCUT2D eigenvalue weighted by molar-refractivity contribution is -0.135. The minimum atomic E-state index is 0.0630. The summed E-state index contributed by atoms with van der Waals surface area (Å²) in [6, 6.07) is 0. The fourth-order valence-electron chi connectivity index (χ4n) is 2.62. The number of hydrogen-bond donors (Lipinski definition) is 1. The fraction of sp³-hybridized carbons (Fsp3) is 0.750. The van der Waals surface area contributed by atoms with Gasteiger partial charge in [-0.2, -0.15) is 4.98 Å². The predicted molar refractivity (Wildman–Crippen MR) is 65.4 cm³/mol. The molecule has 2 N–H and O–H groups in total. The van der Waals surface area contributed by atoms with Crippen molar-refractivity contribution in [1.82, 2.24) is 15.0 Å². The van der Waals surface area contributed by atoms with E-state index >= 15 is 0 Å². The summed E-state index contributed by atoms with van der Waals surface area (Å²) in [5, 5.41) is 3.80. The van der Waals surface area contributed by atoms with E-state index in [1.807, 2.05) is 0 Å². The third-order valence-corrected chi connectivity index (χ3v) is 3.60. The first-order valence-corrected chi connectivity index (χ1v) is 6.36. The third kappa shape index (κ3) is 2.69. The van der Waals surface area contributed by atoms with Gasteiger partial charge in [-0.1, -0.05) is 11.6 Å². The van der Waals surface area contributed by atoms with E-state index in [1.165, 1.54) is 0 Å². The Morgan fingerprint density at radius 2 is 2.33 bits per heavy atom. The number of carbonyl (C=O) groups is 1. The predicted octanol–water partition coefficient (Wildman–Crippen LogP) is 0.711. The minimum Gasteiger partial charge on any atom is -0.340 e. The second-order valence-corrected chi connectivity index (χ2v) is 4.96. The molecule has 1 aromatic heterocycles. The Morgan fingerprint density at radius 3 is 2.94 bits per heavy atom. The standard InChI is InChI=1S/C12H20N4O2/c1-8-14-11(15-18-8)7-16(2)12(17)10-5-3-4-9(10)6-13/h9-10H,3-7,13H2,1-2H3/t9-,10-/m1/s1. The fourth-order valence-corrected chi connectivity index (χ4v) is 2.62. The number of aryl methyl sites for hydroxylation is 1. The summed E-state index contributed by atoms with van der Waals surface area (Å²) in [5.74, 6) is 1.60. The highest BCUT2D eigenvalue weighted by Crippen LogP contribution is 2.32. The first kappa shape index (κ1) is 13.0. The molecule has 1 saturated carbocycles. The lowest BCUT2D eigenvalue weighted by Gasteiger charge is -2.23. The molecular formula is C12H20N4O2. The summed E-state index contributed by atoms with van der Waals surface area (Å²) >= 11 is 0. The van der Waals surface area contributed by atoms with Gasteiger partial charge in [0.25, 0.3) is 0 Å². The second kappa shape index (κ2) is 5.48. The quantitative estimate of drug-likeness (QED) is 0.853. The molecule has 2 rings (SSSR count). The molecule has 0 bridgehead atoms. The van der Waals surface area contributed by atoms with Crippen molar-refractivity contribution in [3.05, 3.63) is 11.7 Å². The van der Waals surface area contributed by atoms with Gasteiger partial charge >= 0.3 is 0 Å². The maximum absolute atomic E-state index is 12.3. The smallest absolute Gasteiger partial charge is 0.226 e. The van der Waals surface area contributed by atoms with Crippen LogP contribution in [0, 0.1) is 18.8 Å². The van der Waals surface area contributed by atoms with E-state index in [9.17, 15) is 4.79 Å². The van der Waals surface area contributed by atoms with E-state index < -0.39 is 0 Å². The molecule has 0 saturated heterocycles. The van der Waals surface area contributed by atoms with Crippen LogP contribution in [0.25, 0.3) is 0 Å². The van der Waals surface area contributed by atoms with E-state index in [0.717, 1.165) is 19.3 Å². The molecule has 0 spiro atoms. The molecule has 1 aliphatic carbocycles. The first-order valence-electron chi connectivity index (χ1n) is 6.36. The van der Waals surface area contributed by atoms with Crippen molar-refractivity contribution in [2.45, 2.75) is 32.7 Å². The molecule has 0 radical (unpaired) electrons. The SMILES string of the molecule is Cc1nc(CN(C)C(=O)[C@@H]2CCC[C@@H]2CN)no1. The Balaban J connectivity index is 1.96. The zero-order valence-electron chi connectivity index (χ0n) is 10.9. The molecule has 1 aliphatic rings. The third-order valence-electron chi connectivity index (χ3n) is 3.60. The Hall–Kier alpha value is -1.43. The van der Waals surface area contributed by atoms with Crippen molar-refractivity contribution in [2.24, 2.45) is 17.6 Å². The molecule has 1 amide bonds. The number of carbonyl (C=O) groups excluding carboxylic acids is 1. The van der Waals surface area contributed by atoms with Gasteiger partial charge in [-0.3, -0.25) is 4.79 Å². The summed E-state index contributed by atoms with van der Waals surface area (Å²) < 4.78 is 4.89. The van der Waals surface area contributed by atoms with Crippen molar-refractivity contribution in [1.29, 1.82) is 0 Å². The van der Waals surface area contributed by atoms with Crippen LogP contribution in [-0.4, -0.2) is 34.5 Å². The Morgan fingerprint density at radius 1 is 1.56 bits per heavy atom. The van der Waals surface area contributed by atoms with Crippen molar-refractivity contribution < 1.29 is 9.32 Å². The molecule has 100 valence electrons. The van der Waals surface area contributed by atoms with E-state index in [1.54, 1.807) is 18.9 Å². The molecule has 1 heterocycles. The van der Waals surface area contributed by atoms with Gasteiger partial charge < -0.3 is 15.2 Å². The molecule has 0 aliphatic heterocycles. The molecule has 1 aromatic rings. The maximum Gasteiger partial charge on any atom is 0.226 e. The van der Waals surface area contributed by atoms with Gasteiger partial charge in [0.2, 0.25) is 11.8 Å². The van der Waals surface area contributed by atoms with Crippen LogP contribution >= 0.6 is 0 Å². The summed E-state index contributed by atoms with van der Waals surface area (Å²) in [6.07, 6.45) is 3.09. The van der Waals surface area contributed by atoms with Crippen LogP contribution in [0.15, 0.2) is 4.52 Å². The molecule has 2 atom stereocenters. The Bertz CT molecular complexity index is 418. The average Bonchev–Trinajstić information content (AvgIpc) is 2.96. The van der Waals surface area contributed by atoms with Crippen molar-refractivity contribution in [3.8, 4) is 0 Å². The van der Waals surface area contributed by atoms with Crippen LogP contribution in [0.5, 0.6) is 0 Å². The van der Waals surface area contributed by atoms with Crippen LogP contribution in [0.2, 0.25) is 0 Å². The minimum absolute atomic E-state index is 0.0630. The van der Waals surface area contributed by atoms with Crippen molar-refractivity contribution in [2.75, 3.05) is 13.6 Å². The normalized spacial score (nSPS) is 23.3. The van der Waals surface area contributed by atoms with Gasteiger partial charge in [0.15, 0.2) is 5.82 Å². The van der Waals surface area contributed by atoms with Gasteiger partial charge in [-0.05, 0) is 25.3 Å². The number of nitrogens with zero attached hydrogens (tertiary/aromatic N) is 3. The molecule has 6 heteroatoms. The summed E-state index contributed by atoms with van der Waals surface area (Å²) in [6.45, 7) is 2.72. The van der Waals surface area contributed by atoms with Gasteiger partial charge in [0, 0.05) is 19.9 Å². The van der Waals surface area contributed by atoms with Crippen LogP contribution in [-0.2, 0) is 11.3 Å². The molecule has 1 fully saturated rings. The van der Waals surface area contributed by atoms with E-state index in [2.05, 4.69) is 10.1 Å². The zero-order valence-corrected chi connectivity index (χ0v) is 10.9. The van der Waals surface area contributed by atoms with Crippen LogP contribution in [0.3, 0.4) is 0 Å². The summed E-state index contributed by atoms with van der Waals surface area (Å²) in [5.41, 5.74) is 5.71. The maximum atomic E-state index is 12.3. The van der Waals surface area contributed by atoms with Crippen molar-refractivity contribution >= 4 is 5.91 Å². The number of hydrogen-bond acceptors (Lipinski definition) is 5. The highest BCUT2D eigenvalue weighted by atomic mass is 16.5. The van der Waals surface area contributed by atoms with E-state index in [0.29, 0.717) is 30.7 Å². The van der Waals surface area contributed by atoms with E-state index in [4.69, 9.17) is 10.3 Å². The number of amides is 1. The molecule has 18 heavy (non-hydrogen) atoms. The van der Waals surface area contributed by atoms with Crippen molar-refractivity contribution in [3.63, 3.8) is 0 Å². The van der Waals surface area contributed by atoms with Gasteiger partial charge in [-0.15, -0.1) is 0 Å². The van der Waals surface area contributed by atoms with Gasteiger partial charge in [-0.25, -0.2) is 0 Å². The second-order valence-electron chi connectivity index (χ2n) is 4.96. The van der Waals surface area contributed by atoms with Crippen LogP contribution < -0.4 is 5.73 Å². The van der Waals surface area contributed by atoms with Gasteiger partial charge in [0.1, 0.15) is 0 Å². The lowest BCUT2D eigenvalue weighted by Crippen LogP contribution is -2.36. The summed E-state index contributed by atoms with van der Waals surface area (Å²) in [7, 11) is 1.78. The molecule has 0 aromatic carbocycles. The molecular weight excluding hydrogens is 232 g/mol. The molecule has 6 nitrogen and oxygen atoms in total. The largest absolute Gasteiger partial charge is 0.340 e. The monoisotopic (exact) mass is 252 g/mol. The van der Waals surface area contributed by atoms with E-state index in [-0.39, 0.29) is 11.8 Å². The van der Waals surface area contributed by atoms with Gasteiger partial charge in [0.05, 0.1) is 6.54 Å². The highest BCUT2D eigenvalue weighted by molar-refractivity contribution is 5.79. The average molecular weight is 252 g/mol. The number of nitrogens with two attached hydrogens (primary N) is 1. The van der Waals surface area contributed by atoms with Crippen LogP contribution in [0.1, 0.15) is 31.0 Å². The number of aromatic nitrogens is 2. The number of rotatable bonds is 4. The van der Waals surface area contributed by atoms with Crippen LogP contribution in [0.4, 0.5) is 0 Å². The highest BCUT2D eigenvalue weighted by Gasteiger charge is 2.33. The zero-order chi connectivity index (χ0) is 13.1. The Kier molecular flexibility index (Phi) is 3.96. The lowest BCUT2D eigenvalue weighted by atomic mass is 9.95.